The molecule has 28 heavy (non-hydrogen) atoms. The van der Waals surface area contributed by atoms with E-state index in [1.54, 1.807) is 10.8 Å². The summed E-state index contributed by atoms with van der Waals surface area (Å²) in [6.45, 7) is -0.433. The summed E-state index contributed by atoms with van der Waals surface area (Å²) in [6, 6.07) is 3.72. The van der Waals surface area contributed by atoms with E-state index in [1.807, 2.05) is 12.1 Å². The predicted octanol–water partition coefficient (Wildman–Crippen LogP) is -0.111. The van der Waals surface area contributed by atoms with Crippen molar-refractivity contribution >= 4 is 17.0 Å². The van der Waals surface area contributed by atoms with Gasteiger partial charge in [-0.15, -0.1) is 0 Å². The quantitative estimate of drug-likeness (QED) is 0.469. The number of aromatic nitrogens is 4. The number of furan rings is 1. The molecule has 2 aliphatic rings. The molecule has 0 unspecified atom stereocenters. The molecule has 0 bridgehead atoms. The first kappa shape index (κ1) is 17.6. The second-order valence-electron chi connectivity index (χ2n) is 7.60. The van der Waals surface area contributed by atoms with Gasteiger partial charge in [0.1, 0.15) is 35.9 Å². The maximum atomic E-state index is 11.1. The van der Waals surface area contributed by atoms with Crippen molar-refractivity contribution in [1.82, 2.24) is 19.5 Å². The van der Waals surface area contributed by atoms with Crippen LogP contribution in [0.3, 0.4) is 0 Å². The summed E-state index contributed by atoms with van der Waals surface area (Å²) in [5.74, 6) is 1.00. The van der Waals surface area contributed by atoms with E-state index in [1.165, 1.54) is 12.7 Å². The minimum atomic E-state index is -1.40. The Labute approximate surface area is 159 Å². The van der Waals surface area contributed by atoms with E-state index in [2.05, 4.69) is 15.0 Å². The third kappa shape index (κ3) is 2.32. The molecule has 10 heteroatoms. The molecular formula is C18H21N5O5. The summed E-state index contributed by atoms with van der Waals surface area (Å²) < 4.78 is 13.3. The number of nitrogens with two attached hydrogens (primary N) is 1. The minimum absolute atomic E-state index is 0.206. The number of hydrogen-bond acceptors (Lipinski definition) is 9. The number of nitrogen functional groups attached to an aromatic ring is 1. The molecule has 1 aliphatic carbocycles. The highest BCUT2D eigenvalue weighted by molar-refractivity contribution is 5.81. The van der Waals surface area contributed by atoms with Crippen molar-refractivity contribution < 1.29 is 24.5 Å². The molecule has 4 atom stereocenters. The standard InChI is InChI=1S/C18H21N5O5/c19-15-12-16(21-8-20-15)23(9-22-12)18(14(26)13(25)10(6-24)28-18)7-17(3-4-17)11-2-1-5-27-11/h1-2,5,8-10,13-14,24-26H,3-4,6-7H2,(H2,19,20,21)/t10-,13-,14-,18-/m1/s1. The first-order valence-electron chi connectivity index (χ1n) is 9.13. The van der Waals surface area contributed by atoms with Gasteiger partial charge in [0, 0.05) is 11.8 Å². The van der Waals surface area contributed by atoms with Gasteiger partial charge in [0.2, 0.25) is 0 Å². The van der Waals surface area contributed by atoms with E-state index in [-0.39, 0.29) is 11.2 Å². The third-order valence-electron chi connectivity index (χ3n) is 5.96. The first-order valence-corrected chi connectivity index (χ1v) is 9.13. The van der Waals surface area contributed by atoms with E-state index < -0.39 is 30.6 Å². The van der Waals surface area contributed by atoms with Crippen LogP contribution in [0.2, 0.25) is 0 Å². The van der Waals surface area contributed by atoms with Crippen LogP contribution in [0.25, 0.3) is 11.2 Å². The normalized spacial score (nSPS) is 31.5. The van der Waals surface area contributed by atoms with Crippen LogP contribution in [0.5, 0.6) is 0 Å². The van der Waals surface area contributed by atoms with Gasteiger partial charge in [-0.05, 0) is 25.0 Å². The van der Waals surface area contributed by atoms with Crippen LogP contribution >= 0.6 is 0 Å². The van der Waals surface area contributed by atoms with Gasteiger partial charge in [-0.2, -0.15) is 0 Å². The molecule has 1 saturated heterocycles. The highest BCUT2D eigenvalue weighted by atomic mass is 16.6. The lowest BCUT2D eigenvalue weighted by atomic mass is 9.87. The van der Waals surface area contributed by atoms with Gasteiger partial charge in [-0.1, -0.05) is 0 Å². The summed E-state index contributed by atoms with van der Waals surface area (Å²) in [4.78, 5) is 12.5. The minimum Gasteiger partial charge on any atom is -0.469 e. The van der Waals surface area contributed by atoms with Crippen LogP contribution in [-0.2, 0) is 15.9 Å². The number of imidazole rings is 1. The molecule has 1 aliphatic heterocycles. The zero-order valence-electron chi connectivity index (χ0n) is 15.0. The number of aliphatic hydroxyl groups excluding tert-OH is 3. The molecule has 4 heterocycles. The Bertz CT molecular complexity index is 1000. The third-order valence-corrected chi connectivity index (χ3v) is 5.96. The average Bonchev–Trinajstić information content (AvgIpc) is 3.07. The summed E-state index contributed by atoms with van der Waals surface area (Å²) in [5, 5.41) is 31.2. The Morgan fingerprint density at radius 1 is 1.25 bits per heavy atom. The lowest BCUT2D eigenvalue weighted by Crippen LogP contribution is -2.47. The molecule has 0 amide bonds. The second-order valence-corrected chi connectivity index (χ2v) is 7.60. The molecule has 0 radical (unpaired) electrons. The molecule has 3 aromatic rings. The Kier molecular flexibility index (Phi) is 3.75. The van der Waals surface area contributed by atoms with Gasteiger partial charge >= 0.3 is 0 Å². The average molecular weight is 387 g/mol. The van der Waals surface area contributed by atoms with E-state index in [9.17, 15) is 15.3 Å². The van der Waals surface area contributed by atoms with Crippen molar-refractivity contribution in [2.24, 2.45) is 0 Å². The molecular weight excluding hydrogens is 366 g/mol. The van der Waals surface area contributed by atoms with Crippen LogP contribution in [0, 0.1) is 0 Å². The Morgan fingerprint density at radius 3 is 2.71 bits per heavy atom. The van der Waals surface area contributed by atoms with Crippen molar-refractivity contribution in [3.8, 4) is 0 Å². The molecule has 5 rings (SSSR count). The van der Waals surface area contributed by atoms with Crippen molar-refractivity contribution in [2.75, 3.05) is 12.3 Å². The van der Waals surface area contributed by atoms with Crippen LogP contribution < -0.4 is 5.73 Å². The number of nitrogens with zero attached hydrogens (tertiary/aromatic N) is 4. The highest BCUT2D eigenvalue weighted by Crippen LogP contribution is 2.57. The topological polar surface area (TPSA) is 153 Å². The number of ether oxygens (including phenoxy) is 1. The number of fused-ring (bicyclic) bond motifs is 1. The highest BCUT2D eigenvalue weighted by Gasteiger charge is 2.62. The summed E-state index contributed by atoms with van der Waals surface area (Å²) >= 11 is 0. The molecule has 0 aromatic carbocycles. The molecule has 148 valence electrons. The summed E-state index contributed by atoms with van der Waals surface area (Å²) in [5.41, 5.74) is 4.93. The zero-order valence-corrected chi connectivity index (χ0v) is 15.0. The molecule has 5 N–H and O–H groups in total. The molecule has 2 fully saturated rings. The van der Waals surface area contributed by atoms with Crippen LogP contribution in [0.1, 0.15) is 25.0 Å². The van der Waals surface area contributed by atoms with Gasteiger partial charge in [-0.25, -0.2) is 15.0 Å². The fraction of sp³-hybridized carbons (Fsp3) is 0.500. The van der Waals surface area contributed by atoms with Gasteiger partial charge in [0.05, 0.1) is 19.2 Å². The van der Waals surface area contributed by atoms with Gasteiger partial charge in [-0.3, -0.25) is 4.57 Å². The van der Waals surface area contributed by atoms with Crippen molar-refractivity contribution in [3.63, 3.8) is 0 Å². The Hall–Kier alpha value is -2.53. The number of hydrogen-bond donors (Lipinski definition) is 4. The number of rotatable bonds is 5. The van der Waals surface area contributed by atoms with E-state index in [4.69, 9.17) is 14.9 Å². The maximum Gasteiger partial charge on any atom is 0.177 e. The van der Waals surface area contributed by atoms with E-state index in [0.717, 1.165) is 18.6 Å². The van der Waals surface area contributed by atoms with E-state index >= 15 is 0 Å². The van der Waals surface area contributed by atoms with Crippen molar-refractivity contribution in [3.05, 3.63) is 36.8 Å². The fourth-order valence-electron chi connectivity index (χ4n) is 4.30. The molecule has 3 aromatic heterocycles. The predicted molar refractivity (Wildman–Crippen MR) is 95.9 cm³/mol. The largest absolute Gasteiger partial charge is 0.469 e. The number of anilines is 1. The lowest BCUT2D eigenvalue weighted by Gasteiger charge is -2.36. The molecule has 0 spiro atoms. The van der Waals surface area contributed by atoms with Crippen LogP contribution in [0.4, 0.5) is 5.82 Å². The number of aliphatic hydroxyl groups is 3. The summed E-state index contributed by atoms with van der Waals surface area (Å²) in [7, 11) is 0. The first-order chi connectivity index (χ1) is 13.5. The Balaban J connectivity index is 1.67. The van der Waals surface area contributed by atoms with Crippen LogP contribution in [0.15, 0.2) is 35.5 Å². The van der Waals surface area contributed by atoms with Gasteiger partial charge in [0.15, 0.2) is 17.2 Å². The van der Waals surface area contributed by atoms with Crippen molar-refractivity contribution in [2.45, 2.75) is 48.7 Å². The summed E-state index contributed by atoms with van der Waals surface area (Å²) in [6.07, 6.45) is 2.88. The zero-order chi connectivity index (χ0) is 19.5. The van der Waals surface area contributed by atoms with Crippen molar-refractivity contribution in [1.29, 1.82) is 0 Å². The second kappa shape index (κ2) is 5.98. The van der Waals surface area contributed by atoms with E-state index in [0.29, 0.717) is 17.6 Å². The van der Waals surface area contributed by atoms with Gasteiger partial charge < -0.3 is 30.2 Å². The lowest BCUT2D eigenvalue weighted by molar-refractivity contribution is -0.156. The maximum absolute atomic E-state index is 11.1. The SMILES string of the molecule is Nc1ncnc2c1ncn2[C@]1(CC2(c3ccco3)CC2)O[C@H](CO)[C@@H](O)[C@H]1O. The van der Waals surface area contributed by atoms with Crippen LogP contribution in [-0.4, -0.2) is 59.8 Å². The molecule has 10 nitrogen and oxygen atoms in total. The Morgan fingerprint density at radius 2 is 2.07 bits per heavy atom. The fourth-order valence-corrected chi connectivity index (χ4v) is 4.30. The van der Waals surface area contributed by atoms with Gasteiger partial charge in [0.25, 0.3) is 0 Å². The molecule has 1 saturated carbocycles. The monoisotopic (exact) mass is 387 g/mol. The smallest absolute Gasteiger partial charge is 0.177 e.